The molecule has 2 aliphatic rings. The number of fused-ring (bicyclic) bond motifs is 3. The predicted octanol–water partition coefficient (Wildman–Crippen LogP) is 3.76. The molecule has 0 unspecified atom stereocenters. The van der Waals surface area contributed by atoms with E-state index < -0.39 is 0 Å². The van der Waals surface area contributed by atoms with Gasteiger partial charge in [0.05, 0.1) is 17.6 Å². The van der Waals surface area contributed by atoms with Gasteiger partial charge in [0.2, 0.25) is 5.91 Å². The largest absolute Gasteiger partial charge is 0.326 e. The molecule has 2 N–H and O–H groups in total. The van der Waals surface area contributed by atoms with Crippen molar-refractivity contribution in [3.63, 3.8) is 0 Å². The first kappa shape index (κ1) is 20.4. The van der Waals surface area contributed by atoms with Gasteiger partial charge < -0.3 is 15.2 Å². The summed E-state index contributed by atoms with van der Waals surface area (Å²) in [5, 5.41) is 6.78. The lowest BCUT2D eigenvalue weighted by Gasteiger charge is -2.50. The van der Waals surface area contributed by atoms with Crippen molar-refractivity contribution in [3.8, 4) is 0 Å². The number of imidazole rings is 1. The molecule has 3 heterocycles. The average molecular weight is 398 g/mol. The van der Waals surface area contributed by atoms with Crippen molar-refractivity contribution < 1.29 is 4.79 Å². The Bertz CT molecular complexity index is 911. The summed E-state index contributed by atoms with van der Waals surface area (Å²) in [7, 11) is 0. The summed E-state index contributed by atoms with van der Waals surface area (Å²) in [4.78, 5) is 19.6. The van der Waals surface area contributed by atoms with Crippen LogP contribution in [0.1, 0.15) is 60.2 Å². The van der Waals surface area contributed by atoms with Gasteiger partial charge in [-0.05, 0) is 58.7 Å². The van der Waals surface area contributed by atoms with Crippen LogP contribution in [0.4, 0.5) is 5.69 Å². The number of nitrogens with one attached hydrogen (secondary N) is 2. The van der Waals surface area contributed by atoms with Crippen molar-refractivity contribution in [1.82, 2.24) is 19.8 Å². The van der Waals surface area contributed by atoms with Gasteiger partial charge in [-0.3, -0.25) is 9.69 Å². The van der Waals surface area contributed by atoms with Crippen LogP contribution in [0.2, 0.25) is 0 Å². The Kier molecular flexibility index (Phi) is 4.98. The highest BCUT2D eigenvalue weighted by molar-refractivity contribution is 5.94. The fourth-order valence-electron chi connectivity index (χ4n) is 5.24. The molecule has 1 aromatic carbocycles. The fraction of sp³-hybridized carbons (Fsp3) is 0.652. The van der Waals surface area contributed by atoms with Crippen molar-refractivity contribution in [1.29, 1.82) is 0 Å². The number of anilines is 1. The van der Waals surface area contributed by atoms with Crippen molar-refractivity contribution >= 4 is 22.6 Å². The lowest BCUT2D eigenvalue weighted by molar-refractivity contribution is -0.118. The van der Waals surface area contributed by atoms with Crippen LogP contribution in [0.3, 0.4) is 0 Å². The monoisotopic (exact) mass is 397 g/mol. The van der Waals surface area contributed by atoms with Gasteiger partial charge in [0, 0.05) is 41.8 Å². The van der Waals surface area contributed by atoms with Crippen molar-refractivity contribution in [2.45, 2.75) is 84.6 Å². The van der Waals surface area contributed by atoms with E-state index >= 15 is 0 Å². The van der Waals surface area contributed by atoms with Gasteiger partial charge in [-0.15, -0.1) is 0 Å². The molecule has 1 saturated heterocycles. The number of benzene rings is 1. The van der Waals surface area contributed by atoms with Crippen LogP contribution in [0.5, 0.6) is 0 Å². The van der Waals surface area contributed by atoms with E-state index in [2.05, 4.69) is 53.9 Å². The Balaban J connectivity index is 1.55. The first-order chi connectivity index (χ1) is 13.5. The lowest BCUT2D eigenvalue weighted by atomic mass is 9.79. The highest BCUT2D eigenvalue weighted by Crippen LogP contribution is 2.34. The molecular weight excluding hydrogens is 362 g/mol. The fourth-order valence-corrected chi connectivity index (χ4v) is 5.24. The molecule has 1 amide bonds. The topological polar surface area (TPSA) is 62.2 Å². The van der Waals surface area contributed by atoms with E-state index in [1.54, 1.807) is 0 Å². The SMILES string of the molecule is CC(C)C(=O)Nc1ccc2c(c1)nc1n2CCN(C2CC(C)(C)NC(C)(C)C2)C1. The van der Waals surface area contributed by atoms with Crippen LogP contribution in [0.25, 0.3) is 11.0 Å². The highest BCUT2D eigenvalue weighted by atomic mass is 16.1. The summed E-state index contributed by atoms with van der Waals surface area (Å²) < 4.78 is 2.34. The summed E-state index contributed by atoms with van der Waals surface area (Å²) in [6.45, 7) is 16.0. The summed E-state index contributed by atoms with van der Waals surface area (Å²) in [5.74, 6) is 1.14. The third-order valence-electron chi connectivity index (χ3n) is 6.26. The Morgan fingerprint density at radius 3 is 2.52 bits per heavy atom. The van der Waals surface area contributed by atoms with Crippen molar-refractivity contribution in [3.05, 3.63) is 24.0 Å². The zero-order valence-corrected chi connectivity index (χ0v) is 18.7. The van der Waals surface area contributed by atoms with Crippen LogP contribution >= 0.6 is 0 Å². The summed E-state index contributed by atoms with van der Waals surface area (Å²) >= 11 is 0. The van der Waals surface area contributed by atoms with Crippen molar-refractivity contribution in [2.24, 2.45) is 5.92 Å². The van der Waals surface area contributed by atoms with Crippen LogP contribution in [0.15, 0.2) is 18.2 Å². The third kappa shape index (κ3) is 4.19. The van der Waals surface area contributed by atoms with E-state index in [1.165, 1.54) is 0 Å². The van der Waals surface area contributed by atoms with Crippen LogP contribution in [-0.4, -0.2) is 44.0 Å². The molecule has 4 rings (SSSR count). The maximum Gasteiger partial charge on any atom is 0.226 e. The summed E-state index contributed by atoms with van der Waals surface area (Å²) in [6, 6.07) is 6.65. The number of piperidine rings is 1. The number of carbonyl (C=O) groups excluding carboxylic acids is 1. The molecule has 0 aliphatic carbocycles. The van der Waals surface area contributed by atoms with Crippen LogP contribution < -0.4 is 10.6 Å². The van der Waals surface area contributed by atoms with Gasteiger partial charge in [0.25, 0.3) is 0 Å². The second-order valence-electron chi connectivity index (χ2n) is 10.5. The Labute approximate surface area is 174 Å². The van der Waals surface area contributed by atoms with E-state index in [0.29, 0.717) is 6.04 Å². The number of hydrogen-bond acceptors (Lipinski definition) is 4. The summed E-state index contributed by atoms with van der Waals surface area (Å²) in [6.07, 6.45) is 2.31. The molecule has 1 aromatic heterocycles. The minimum atomic E-state index is -0.0343. The predicted molar refractivity (Wildman–Crippen MR) is 118 cm³/mol. The van der Waals surface area contributed by atoms with E-state index in [-0.39, 0.29) is 22.9 Å². The second kappa shape index (κ2) is 7.10. The standard InChI is InChI=1S/C23H35N5O/c1-15(2)21(29)24-16-7-8-19-18(11-16)25-20-14-27(9-10-28(19)20)17-12-22(3,4)26-23(5,6)13-17/h7-8,11,15,17,26H,9-10,12-14H2,1-6H3,(H,24,29). The molecule has 2 aliphatic heterocycles. The van der Waals surface area contributed by atoms with E-state index in [9.17, 15) is 4.79 Å². The quantitative estimate of drug-likeness (QED) is 0.828. The molecular formula is C23H35N5O. The number of carbonyl (C=O) groups is 1. The summed E-state index contributed by atoms with van der Waals surface area (Å²) in [5.41, 5.74) is 3.24. The molecule has 6 nitrogen and oxygen atoms in total. The molecule has 2 aromatic rings. The lowest BCUT2D eigenvalue weighted by Crippen LogP contribution is -2.62. The van der Waals surface area contributed by atoms with Gasteiger partial charge in [0.1, 0.15) is 5.82 Å². The molecule has 29 heavy (non-hydrogen) atoms. The number of amides is 1. The van der Waals surface area contributed by atoms with E-state index in [1.807, 2.05) is 26.0 Å². The van der Waals surface area contributed by atoms with Gasteiger partial charge in [-0.2, -0.15) is 0 Å². The number of aromatic nitrogens is 2. The Morgan fingerprint density at radius 1 is 1.17 bits per heavy atom. The van der Waals surface area contributed by atoms with Gasteiger partial charge in [0.15, 0.2) is 0 Å². The van der Waals surface area contributed by atoms with Crippen LogP contribution in [-0.2, 0) is 17.9 Å². The van der Waals surface area contributed by atoms with Crippen LogP contribution in [0, 0.1) is 5.92 Å². The number of nitrogens with zero attached hydrogens (tertiary/aromatic N) is 3. The Hall–Kier alpha value is -1.92. The van der Waals surface area contributed by atoms with E-state index in [4.69, 9.17) is 4.98 Å². The second-order valence-corrected chi connectivity index (χ2v) is 10.5. The first-order valence-corrected chi connectivity index (χ1v) is 10.9. The third-order valence-corrected chi connectivity index (χ3v) is 6.26. The Morgan fingerprint density at radius 2 is 1.86 bits per heavy atom. The molecule has 158 valence electrons. The molecule has 0 saturated carbocycles. The van der Waals surface area contributed by atoms with Gasteiger partial charge in [-0.25, -0.2) is 4.98 Å². The number of hydrogen-bond donors (Lipinski definition) is 2. The minimum absolute atomic E-state index is 0.0343. The maximum absolute atomic E-state index is 12.0. The first-order valence-electron chi connectivity index (χ1n) is 10.9. The minimum Gasteiger partial charge on any atom is -0.326 e. The van der Waals surface area contributed by atoms with E-state index in [0.717, 1.165) is 55.0 Å². The smallest absolute Gasteiger partial charge is 0.226 e. The highest BCUT2D eigenvalue weighted by Gasteiger charge is 2.40. The molecule has 0 atom stereocenters. The molecule has 0 spiro atoms. The molecule has 0 bridgehead atoms. The normalized spacial score (nSPS) is 22.0. The van der Waals surface area contributed by atoms with Crippen molar-refractivity contribution in [2.75, 3.05) is 11.9 Å². The zero-order valence-electron chi connectivity index (χ0n) is 18.7. The zero-order chi connectivity index (χ0) is 21.0. The molecule has 6 heteroatoms. The number of rotatable bonds is 3. The molecule has 0 radical (unpaired) electrons. The molecule has 1 fully saturated rings. The average Bonchev–Trinajstić information content (AvgIpc) is 2.95. The maximum atomic E-state index is 12.0. The van der Waals surface area contributed by atoms with Gasteiger partial charge >= 0.3 is 0 Å². The van der Waals surface area contributed by atoms with Gasteiger partial charge in [-0.1, -0.05) is 13.8 Å².